The topological polar surface area (TPSA) is 116 Å². The van der Waals surface area contributed by atoms with Gasteiger partial charge in [-0.05, 0) is 49.4 Å². The summed E-state index contributed by atoms with van der Waals surface area (Å²) in [5.41, 5.74) is 16.1. The van der Waals surface area contributed by atoms with Crippen molar-refractivity contribution >= 4 is 38.8 Å². The molecular formula is C26H31N5O3S. The molecule has 1 aromatic carbocycles. The highest BCUT2D eigenvalue weighted by Gasteiger charge is 2.52. The van der Waals surface area contributed by atoms with E-state index in [1.165, 1.54) is 11.3 Å². The van der Waals surface area contributed by atoms with E-state index >= 15 is 0 Å². The molecule has 3 aliphatic heterocycles. The second-order valence-corrected chi connectivity index (χ2v) is 11.1. The van der Waals surface area contributed by atoms with Crippen LogP contribution in [0.2, 0.25) is 0 Å². The van der Waals surface area contributed by atoms with Crippen LogP contribution >= 0.6 is 11.3 Å². The van der Waals surface area contributed by atoms with Crippen LogP contribution in [0.4, 0.5) is 11.4 Å². The van der Waals surface area contributed by atoms with E-state index in [2.05, 4.69) is 40.3 Å². The number of amides is 1. The summed E-state index contributed by atoms with van der Waals surface area (Å²) < 4.78 is 12.3. The number of hydrogen-bond donors (Lipinski definition) is 3. The van der Waals surface area contributed by atoms with Gasteiger partial charge in [-0.15, -0.1) is 11.3 Å². The van der Waals surface area contributed by atoms with Crippen LogP contribution in [0, 0.1) is 12.8 Å². The van der Waals surface area contributed by atoms with Crippen molar-refractivity contribution in [3.8, 4) is 5.75 Å². The Kier molecular flexibility index (Phi) is 5.39. The van der Waals surface area contributed by atoms with E-state index < -0.39 is 0 Å². The maximum atomic E-state index is 13.0. The van der Waals surface area contributed by atoms with Gasteiger partial charge in [-0.2, -0.15) is 0 Å². The molecule has 3 aromatic rings. The third kappa shape index (κ3) is 3.73. The summed E-state index contributed by atoms with van der Waals surface area (Å²) in [5, 5.41) is 3.92. The number of nitrogens with two attached hydrogens (primary N) is 2. The first-order valence-electron chi connectivity index (χ1n) is 12.2. The quantitative estimate of drug-likeness (QED) is 0.514. The van der Waals surface area contributed by atoms with Crippen LogP contribution in [0.25, 0.3) is 10.2 Å². The van der Waals surface area contributed by atoms with Crippen molar-refractivity contribution in [2.45, 2.75) is 44.4 Å². The zero-order valence-electron chi connectivity index (χ0n) is 20.0. The number of rotatable bonds is 3. The number of fused-ring (bicyclic) bond motifs is 2. The third-order valence-corrected chi connectivity index (χ3v) is 8.95. The number of nitrogens with zero attached hydrogens (tertiary/aromatic N) is 2. The first kappa shape index (κ1) is 22.6. The largest absolute Gasteiger partial charge is 0.491 e. The Labute approximate surface area is 208 Å². The summed E-state index contributed by atoms with van der Waals surface area (Å²) in [7, 11) is 0. The van der Waals surface area contributed by atoms with Crippen molar-refractivity contribution in [2.75, 3.05) is 36.9 Å². The molecule has 4 atom stereocenters. The number of benzene rings is 1. The molecule has 6 rings (SSSR count). The molecule has 0 radical (unpaired) electrons. The Hall–Kier alpha value is -2.88. The first-order chi connectivity index (χ1) is 16.8. The van der Waals surface area contributed by atoms with Crippen LogP contribution in [0.15, 0.2) is 30.3 Å². The van der Waals surface area contributed by atoms with Crippen LogP contribution in [-0.4, -0.2) is 54.9 Å². The van der Waals surface area contributed by atoms with Gasteiger partial charge in [0, 0.05) is 42.5 Å². The third-order valence-electron chi connectivity index (χ3n) is 7.84. The maximum absolute atomic E-state index is 13.0. The number of ether oxygens (including phenoxy) is 2. The maximum Gasteiger partial charge on any atom is 0.263 e. The summed E-state index contributed by atoms with van der Waals surface area (Å²) in [5.74, 6) is 1.14. The number of pyridine rings is 1. The van der Waals surface area contributed by atoms with E-state index in [9.17, 15) is 4.79 Å². The van der Waals surface area contributed by atoms with Gasteiger partial charge >= 0.3 is 0 Å². The van der Waals surface area contributed by atoms with Crippen molar-refractivity contribution in [3.05, 3.63) is 46.5 Å². The zero-order chi connectivity index (χ0) is 24.3. The van der Waals surface area contributed by atoms with E-state index in [1.807, 2.05) is 19.1 Å². The minimum atomic E-state index is -0.255. The minimum Gasteiger partial charge on any atom is -0.491 e. The van der Waals surface area contributed by atoms with Crippen molar-refractivity contribution in [1.82, 2.24) is 10.3 Å². The molecule has 35 heavy (non-hydrogen) atoms. The van der Waals surface area contributed by atoms with E-state index in [0.29, 0.717) is 29.5 Å². The second kappa shape index (κ2) is 8.36. The lowest BCUT2D eigenvalue weighted by Gasteiger charge is -2.32. The number of aromatic nitrogens is 1. The van der Waals surface area contributed by atoms with Crippen molar-refractivity contribution in [2.24, 2.45) is 11.7 Å². The number of nitrogens with one attached hydrogen (secondary N) is 1. The highest BCUT2D eigenvalue weighted by atomic mass is 32.1. The van der Waals surface area contributed by atoms with Crippen molar-refractivity contribution in [1.29, 1.82) is 0 Å². The molecule has 3 aliphatic rings. The van der Waals surface area contributed by atoms with Crippen molar-refractivity contribution < 1.29 is 14.3 Å². The molecule has 1 amide bonds. The number of carbonyl (C=O) groups excluding carboxylic acids is 1. The molecule has 184 valence electrons. The molecule has 0 unspecified atom stereocenters. The first-order valence-corrected chi connectivity index (χ1v) is 13.0. The van der Waals surface area contributed by atoms with E-state index in [1.54, 1.807) is 0 Å². The predicted molar refractivity (Wildman–Crippen MR) is 138 cm³/mol. The lowest BCUT2D eigenvalue weighted by Crippen LogP contribution is -2.50. The van der Waals surface area contributed by atoms with Crippen LogP contribution in [0.3, 0.4) is 0 Å². The normalized spacial score (nSPS) is 27.9. The predicted octanol–water partition coefficient (Wildman–Crippen LogP) is 2.86. The van der Waals surface area contributed by atoms with Gasteiger partial charge in [-0.25, -0.2) is 4.98 Å². The summed E-state index contributed by atoms with van der Waals surface area (Å²) in [6.07, 6.45) is 1.76. The summed E-state index contributed by atoms with van der Waals surface area (Å²) in [6, 6.07) is 10.0. The highest BCUT2D eigenvalue weighted by molar-refractivity contribution is 7.21. The van der Waals surface area contributed by atoms with Gasteiger partial charge in [0.05, 0.1) is 17.8 Å². The SMILES string of the molecule is Cc1ccc2c(N)c(C(=O)N[C@H]3COc4cc(N5C[C@H](N)[C@@]6(C5)OCC[C@H]6C)ccc4C3)sc2n1. The smallest absolute Gasteiger partial charge is 0.263 e. The van der Waals surface area contributed by atoms with E-state index in [0.717, 1.165) is 59.0 Å². The average molecular weight is 494 g/mol. The van der Waals surface area contributed by atoms with Gasteiger partial charge in [0.2, 0.25) is 0 Å². The Morgan fingerprint density at radius 1 is 1.31 bits per heavy atom. The molecule has 0 aliphatic carbocycles. The molecular weight excluding hydrogens is 462 g/mol. The summed E-state index contributed by atoms with van der Waals surface area (Å²) in [6.45, 7) is 6.94. The van der Waals surface area contributed by atoms with Gasteiger partial charge in [-0.1, -0.05) is 13.0 Å². The average Bonchev–Trinajstić information content (AvgIpc) is 3.49. The number of carbonyl (C=O) groups is 1. The standard InChI is InChI=1S/C26H31N5O3S/c1-14-7-8-34-26(14)13-31(11-21(26)27)18-5-4-16-9-17(12-33-20(16)10-18)30-24(32)23-22(28)19-6-3-15(2)29-25(19)35-23/h3-6,10,14,17,21H,7-9,11-13,27-28H2,1-2H3,(H,30,32)/t14-,17-,21+,26+/m1/s1. The molecule has 2 saturated heterocycles. The number of hydrogen-bond acceptors (Lipinski definition) is 8. The number of aryl methyl sites for hydroxylation is 1. The summed E-state index contributed by atoms with van der Waals surface area (Å²) in [4.78, 5) is 21.1. The molecule has 0 saturated carbocycles. The van der Waals surface area contributed by atoms with Crippen LogP contribution in [-0.2, 0) is 11.2 Å². The van der Waals surface area contributed by atoms with Crippen molar-refractivity contribution in [3.63, 3.8) is 0 Å². The zero-order valence-corrected chi connectivity index (χ0v) is 20.9. The molecule has 0 bridgehead atoms. The van der Waals surface area contributed by atoms with Gasteiger partial charge in [0.1, 0.15) is 27.7 Å². The molecule has 5 N–H and O–H groups in total. The molecule has 2 aromatic heterocycles. The van der Waals surface area contributed by atoms with Crippen LogP contribution < -0.4 is 26.4 Å². The fourth-order valence-corrected chi connectivity index (χ4v) is 6.76. The van der Waals surface area contributed by atoms with E-state index in [-0.39, 0.29) is 23.6 Å². The molecule has 9 heteroatoms. The van der Waals surface area contributed by atoms with Gasteiger partial charge in [0.15, 0.2) is 0 Å². The fourth-order valence-electron chi connectivity index (χ4n) is 5.71. The van der Waals surface area contributed by atoms with Gasteiger partial charge in [0.25, 0.3) is 5.91 Å². The molecule has 5 heterocycles. The molecule has 1 spiro atoms. The Bertz CT molecular complexity index is 1310. The lowest BCUT2D eigenvalue weighted by molar-refractivity contribution is -0.0108. The molecule has 8 nitrogen and oxygen atoms in total. The van der Waals surface area contributed by atoms with Crippen LogP contribution in [0.1, 0.15) is 34.3 Å². The lowest BCUT2D eigenvalue weighted by atomic mass is 9.85. The van der Waals surface area contributed by atoms with Crippen LogP contribution in [0.5, 0.6) is 5.75 Å². The Morgan fingerprint density at radius 2 is 2.17 bits per heavy atom. The highest BCUT2D eigenvalue weighted by Crippen LogP contribution is 2.41. The number of anilines is 2. The second-order valence-electron chi connectivity index (χ2n) is 10.1. The number of thiophene rings is 1. The van der Waals surface area contributed by atoms with E-state index in [4.69, 9.17) is 20.9 Å². The monoisotopic (exact) mass is 493 g/mol. The Balaban J connectivity index is 1.15. The Morgan fingerprint density at radius 3 is 2.97 bits per heavy atom. The molecule has 2 fully saturated rings. The number of nitrogen functional groups attached to an aromatic ring is 1. The minimum absolute atomic E-state index is 0.00278. The summed E-state index contributed by atoms with van der Waals surface area (Å²) >= 11 is 1.33. The van der Waals surface area contributed by atoms with Gasteiger partial charge in [-0.3, -0.25) is 4.79 Å². The fraction of sp³-hybridized carbons (Fsp3) is 0.462. The van der Waals surface area contributed by atoms with Gasteiger partial charge < -0.3 is 31.2 Å².